The number of hydrogen-bond donors (Lipinski definition) is 1. The van der Waals surface area contributed by atoms with Gasteiger partial charge in [-0.15, -0.1) is 0 Å². The highest BCUT2D eigenvalue weighted by atomic mass is 32.2. The first-order chi connectivity index (χ1) is 11.4. The van der Waals surface area contributed by atoms with Gasteiger partial charge in [0.15, 0.2) is 23.1 Å². The third-order valence-electron chi connectivity index (χ3n) is 3.65. The van der Waals surface area contributed by atoms with E-state index in [1.165, 1.54) is 0 Å². The Balaban J connectivity index is 1.66. The summed E-state index contributed by atoms with van der Waals surface area (Å²) in [6, 6.07) is 6.93. The van der Waals surface area contributed by atoms with Crippen LogP contribution >= 0.6 is 0 Å². The van der Waals surface area contributed by atoms with Gasteiger partial charge >= 0.3 is 5.97 Å². The minimum Gasteiger partial charge on any atom is -0.482 e. The maximum Gasteiger partial charge on any atom is 0.344 e. The number of amides is 1. The molecule has 2 rings (SSSR count). The average molecular weight is 355 g/mol. The molecule has 0 spiro atoms. The maximum atomic E-state index is 11.6. The van der Waals surface area contributed by atoms with Crippen molar-refractivity contribution in [2.75, 3.05) is 24.7 Å². The van der Waals surface area contributed by atoms with E-state index in [9.17, 15) is 18.0 Å². The second-order valence-electron chi connectivity index (χ2n) is 5.61. The number of nitrogens with one attached hydrogen (secondary N) is 1. The Bertz CT molecular complexity index is 683. The fourth-order valence-electron chi connectivity index (χ4n) is 2.33. The molecule has 1 saturated heterocycles. The zero-order valence-electron chi connectivity index (χ0n) is 13.5. The first kappa shape index (κ1) is 18.3. The maximum absolute atomic E-state index is 11.6. The van der Waals surface area contributed by atoms with E-state index >= 15 is 0 Å². The Morgan fingerprint density at radius 3 is 2.50 bits per heavy atom. The highest BCUT2D eigenvalue weighted by Gasteiger charge is 2.29. The number of hydrogen-bond acceptors (Lipinski definition) is 6. The molecule has 8 heteroatoms. The molecule has 0 bridgehead atoms. The number of aryl methyl sites for hydroxylation is 1. The number of carbonyl (C=O) groups is 2. The summed E-state index contributed by atoms with van der Waals surface area (Å²) >= 11 is 0. The number of benzene rings is 1. The number of carbonyl (C=O) groups excluding carboxylic acids is 2. The summed E-state index contributed by atoms with van der Waals surface area (Å²) in [6.07, 6.45) is 1.30. The van der Waals surface area contributed by atoms with Gasteiger partial charge in [0.1, 0.15) is 5.75 Å². The lowest BCUT2D eigenvalue weighted by Gasteiger charge is -2.11. The van der Waals surface area contributed by atoms with E-state index in [-0.39, 0.29) is 18.1 Å². The normalized spacial score (nSPS) is 18.8. The molecule has 132 valence electrons. The van der Waals surface area contributed by atoms with Crippen LogP contribution in [0.2, 0.25) is 0 Å². The number of esters is 1. The standard InChI is InChI=1S/C16H21NO6S/c1-2-12-3-5-14(6-4-12)22-10-16(19)23-9-15(18)17-13-7-8-24(20,21)11-13/h3-6,13H,2,7-11H2,1H3,(H,17,18)/t13-/m1/s1. The second kappa shape index (κ2) is 8.14. The zero-order valence-corrected chi connectivity index (χ0v) is 14.3. The number of rotatable bonds is 7. The predicted molar refractivity (Wildman–Crippen MR) is 87.5 cm³/mol. The van der Waals surface area contributed by atoms with Gasteiger partial charge in [-0.1, -0.05) is 19.1 Å². The Hall–Kier alpha value is -2.09. The van der Waals surface area contributed by atoms with Crippen LogP contribution < -0.4 is 10.1 Å². The van der Waals surface area contributed by atoms with Crippen LogP contribution in [-0.2, 0) is 30.6 Å². The van der Waals surface area contributed by atoms with Gasteiger partial charge in [-0.25, -0.2) is 13.2 Å². The summed E-state index contributed by atoms with van der Waals surface area (Å²) in [5.41, 5.74) is 1.16. The fraction of sp³-hybridized carbons (Fsp3) is 0.500. The molecule has 0 aromatic heterocycles. The molecule has 24 heavy (non-hydrogen) atoms. The quantitative estimate of drug-likeness (QED) is 0.714. The SMILES string of the molecule is CCc1ccc(OCC(=O)OCC(=O)N[C@@H]2CCS(=O)(=O)C2)cc1. The Kier molecular flexibility index (Phi) is 6.19. The molecule has 1 heterocycles. The van der Waals surface area contributed by atoms with Crippen LogP contribution in [0.5, 0.6) is 5.75 Å². The van der Waals surface area contributed by atoms with Crippen molar-refractivity contribution in [2.45, 2.75) is 25.8 Å². The van der Waals surface area contributed by atoms with Gasteiger partial charge in [0.2, 0.25) is 0 Å². The van der Waals surface area contributed by atoms with Gasteiger partial charge in [-0.05, 0) is 30.5 Å². The first-order valence-corrected chi connectivity index (χ1v) is 9.57. The van der Waals surface area contributed by atoms with Gasteiger partial charge < -0.3 is 14.8 Å². The Labute approximate surface area is 141 Å². The highest BCUT2D eigenvalue weighted by molar-refractivity contribution is 7.91. The molecule has 1 amide bonds. The molecule has 1 aliphatic heterocycles. The summed E-state index contributed by atoms with van der Waals surface area (Å²) in [5, 5.41) is 2.54. The number of sulfone groups is 1. The molecule has 1 aromatic rings. The van der Waals surface area contributed by atoms with E-state index in [0.29, 0.717) is 12.2 Å². The second-order valence-corrected chi connectivity index (χ2v) is 7.84. The molecule has 1 fully saturated rings. The van der Waals surface area contributed by atoms with Crippen LogP contribution in [0, 0.1) is 0 Å². The van der Waals surface area contributed by atoms with Gasteiger partial charge in [-0.3, -0.25) is 4.79 Å². The van der Waals surface area contributed by atoms with Crippen LogP contribution in [0.3, 0.4) is 0 Å². The molecule has 0 unspecified atom stereocenters. The van der Waals surface area contributed by atoms with Crippen LogP contribution in [0.15, 0.2) is 24.3 Å². The van der Waals surface area contributed by atoms with Crippen molar-refractivity contribution < 1.29 is 27.5 Å². The minimum atomic E-state index is -3.06. The van der Waals surface area contributed by atoms with E-state index in [1.807, 2.05) is 19.1 Å². The zero-order chi connectivity index (χ0) is 17.6. The lowest BCUT2D eigenvalue weighted by Crippen LogP contribution is -2.38. The molecular weight excluding hydrogens is 334 g/mol. The molecule has 0 aliphatic carbocycles. The molecular formula is C16H21NO6S. The van der Waals surface area contributed by atoms with Gasteiger partial charge in [0.05, 0.1) is 11.5 Å². The Morgan fingerprint density at radius 2 is 1.92 bits per heavy atom. The summed E-state index contributed by atoms with van der Waals surface area (Å²) < 4.78 is 32.7. The van der Waals surface area contributed by atoms with Crippen molar-refractivity contribution in [3.05, 3.63) is 29.8 Å². The average Bonchev–Trinajstić information content (AvgIpc) is 2.90. The number of ether oxygens (including phenoxy) is 2. The van der Waals surface area contributed by atoms with Crippen molar-refractivity contribution in [3.63, 3.8) is 0 Å². The largest absolute Gasteiger partial charge is 0.482 e. The summed E-state index contributed by atoms with van der Waals surface area (Å²) in [7, 11) is -3.06. The Morgan fingerprint density at radius 1 is 1.21 bits per heavy atom. The van der Waals surface area contributed by atoms with E-state index in [4.69, 9.17) is 9.47 Å². The molecule has 0 radical (unpaired) electrons. The summed E-state index contributed by atoms with van der Waals surface area (Å²) in [5.74, 6) is -0.627. The van der Waals surface area contributed by atoms with Crippen LogP contribution in [-0.4, -0.2) is 51.1 Å². The molecule has 1 aromatic carbocycles. The van der Waals surface area contributed by atoms with Gasteiger partial charge in [0, 0.05) is 6.04 Å². The molecule has 1 atom stereocenters. The lowest BCUT2D eigenvalue weighted by molar-refractivity contribution is -0.150. The molecule has 1 aliphatic rings. The van der Waals surface area contributed by atoms with E-state index in [0.717, 1.165) is 12.0 Å². The van der Waals surface area contributed by atoms with Crippen molar-refractivity contribution in [1.29, 1.82) is 0 Å². The van der Waals surface area contributed by atoms with Crippen molar-refractivity contribution in [3.8, 4) is 5.75 Å². The smallest absolute Gasteiger partial charge is 0.344 e. The third kappa shape index (κ3) is 5.84. The minimum absolute atomic E-state index is 0.0659. The summed E-state index contributed by atoms with van der Waals surface area (Å²) in [4.78, 5) is 23.2. The molecule has 0 saturated carbocycles. The van der Waals surface area contributed by atoms with Crippen LogP contribution in [0.25, 0.3) is 0 Å². The molecule has 7 nitrogen and oxygen atoms in total. The molecule has 1 N–H and O–H groups in total. The van der Waals surface area contributed by atoms with E-state index in [2.05, 4.69) is 5.32 Å². The fourth-order valence-corrected chi connectivity index (χ4v) is 4.00. The van der Waals surface area contributed by atoms with Crippen molar-refractivity contribution >= 4 is 21.7 Å². The van der Waals surface area contributed by atoms with Crippen LogP contribution in [0.4, 0.5) is 0 Å². The van der Waals surface area contributed by atoms with Crippen molar-refractivity contribution in [2.24, 2.45) is 0 Å². The van der Waals surface area contributed by atoms with E-state index in [1.54, 1.807) is 12.1 Å². The van der Waals surface area contributed by atoms with Gasteiger partial charge in [0.25, 0.3) is 5.91 Å². The predicted octanol–water partition coefficient (Wildman–Crippen LogP) is 0.474. The third-order valence-corrected chi connectivity index (χ3v) is 5.42. The topological polar surface area (TPSA) is 98.8 Å². The monoisotopic (exact) mass is 355 g/mol. The first-order valence-electron chi connectivity index (χ1n) is 7.75. The van der Waals surface area contributed by atoms with Crippen molar-refractivity contribution in [1.82, 2.24) is 5.32 Å². The van der Waals surface area contributed by atoms with Crippen LogP contribution in [0.1, 0.15) is 18.9 Å². The highest BCUT2D eigenvalue weighted by Crippen LogP contribution is 2.12. The van der Waals surface area contributed by atoms with Gasteiger partial charge in [-0.2, -0.15) is 0 Å². The summed E-state index contributed by atoms with van der Waals surface area (Å²) in [6.45, 7) is 1.29. The van der Waals surface area contributed by atoms with E-state index < -0.39 is 34.4 Å². The lowest BCUT2D eigenvalue weighted by atomic mass is 10.2.